The molecule has 0 saturated heterocycles. The molecule has 0 saturated carbocycles. The Kier molecular flexibility index (Phi) is 3.96. The first-order chi connectivity index (χ1) is 8.66. The van der Waals surface area contributed by atoms with Crippen molar-refractivity contribution in [2.75, 3.05) is 5.43 Å². The zero-order chi connectivity index (χ0) is 13.0. The van der Waals surface area contributed by atoms with Crippen molar-refractivity contribution in [3.63, 3.8) is 0 Å². The van der Waals surface area contributed by atoms with Gasteiger partial charge in [-0.25, -0.2) is 9.97 Å². The first-order valence-corrected chi connectivity index (χ1v) is 5.71. The third kappa shape index (κ3) is 3.09. The van der Waals surface area contributed by atoms with Crippen LogP contribution in [0.3, 0.4) is 0 Å². The summed E-state index contributed by atoms with van der Waals surface area (Å²) in [5.74, 6) is -0.140. The van der Waals surface area contributed by atoms with Crippen molar-refractivity contribution < 1.29 is 4.79 Å². The zero-order valence-electron chi connectivity index (χ0n) is 9.02. The lowest BCUT2D eigenvalue weighted by Crippen LogP contribution is -2.30. The Balaban J connectivity index is 2.01. The van der Waals surface area contributed by atoms with E-state index in [1.54, 1.807) is 24.3 Å². The van der Waals surface area contributed by atoms with Crippen LogP contribution in [0.4, 0.5) is 5.95 Å². The third-order valence-corrected chi connectivity index (χ3v) is 2.55. The van der Waals surface area contributed by atoms with Gasteiger partial charge in [0.1, 0.15) is 0 Å². The molecule has 0 spiro atoms. The minimum atomic E-state index is -0.376. The van der Waals surface area contributed by atoms with E-state index in [1.165, 1.54) is 12.4 Å². The number of benzene rings is 1. The molecule has 0 radical (unpaired) electrons. The van der Waals surface area contributed by atoms with Gasteiger partial charge in [0.25, 0.3) is 5.91 Å². The SMILES string of the molecule is O=C(NNc1ncc(Cl)cn1)c1ccccc1Cl. The molecule has 7 heteroatoms. The second kappa shape index (κ2) is 5.66. The van der Waals surface area contributed by atoms with Crippen LogP contribution in [-0.4, -0.2) is 15.9 Å². The monoisotopic (exact) mass is 282 g/mol. The van der Waals surface area contributed by atoms with Gasteiger partial charge in [0.15, 0.2) is 0 Å². The fraction of sp³-hybridized carbons (Fsp3) is 0. The Morgan fingerprint density at radius 1 is 1.11 bits per heavy atom. The molecule has 1 aromatic heterocycles. The molecule has 0 aliphatic rings. The van der Waals surface area contributed by atoms with E-state index in [0.717, 1.165) is 0 Å². The highest BCUT2D eigenvalue weighted by Gasteiger charge is 2.09. The topological polar surface area (TPSA) is 66.9 Å². The predicted octanol–water partition coefficient (Wildman–Crippen LogP) is 2.54. The summed E-state index contributed by atoms with van der Waals surface area (Å²) in [7, 11) is 0. The molecular formula is C11H8Cl2N4O. The van der Waals surface area contributed by atoms with E-state index in [9.17, 15) is 4.79 Å². The highest BCUT2D eigenvalue weighted by molar-refractivity contribution is 6.33. The molecule has 1 amide bonds. The van der Waals surface area contributed by atoms with Crippen molar-refractivity contribution in [1.82, 2.24) is 15.4 Å². The Morgan fingerprint density at radius 2 is 1.78 bits per heavy atom. The van der Waals surface area contributed by atoms with Gasteiger partial charge in [-0.1, -0.05) is 35.3 Å². The summed E-state index contributed by atoms with van der Waals surface area (Å²) in [6.45, 7) is 0. The van der Waals surface area contributed by atoms with E-state index < -0.39 is 0 Å². The average Bonchev–Trinajstić information content (AvgIpc) is 2.38. The molecule has 0 bridgehead atoms. The Morgan fingerprint density at radius 3 is 2.44 bits per heavy atom. The highest BCUT2D eigenvalue weighted by Crippen LogP contribution is 2.14. The number of carbonyl (C=O) groups is 1. The number of aromatic nitrogens is 2. The molecule has 5 nitrogen and oxygen atoms in total. The number of halogens is 2. The summed E-state index contributed by atoms with van der Waals surface area (Å²) in [5.41, 5.74) is 5.35. The predicted molar refractivity (Wildman–Crippen MR) is 69.6 cm³/mol. The maximum atomic E-state index is 11.8. The van der Waals surface area contributed by atoms with Crippen molar-refractivity contribution in [2.45, 2.75) is 0 Å². The van der Waals surface area contributed by atoms with Crippen molar-refractivity contribution in [2.24, 2.45) is 0 Å². The number of hydrazine groups is 1. The number of nitrogens with zero attached hydrogens (tertiary/aromatic N) is 2. The molecule has 92 valence electrons. The van der Waals surface area contributed by atoms with Crippen LogP contribution in [-0.2, 0) is 0 Å². The van der Waals surface area contributed by atoms with Gasteiger partial charge >= 0.3 is 0 Å². The van der Waals surface area contributed by atoms with E-state index in [4.69, 9.17) is 23.2 Å². The summed E-state index contributed by atoms with van der Waals surface area (Å²) >= 11 is 11.5. The number of amides is 1. The summed E-state index contributed by atoms with van der Waals surface area (Å²) in [6, 6.07) is 6.71. The van der Waals surface area contributed by atoms with Crippen LogP contribution in [0.25, 0.3) is 0 Å². The minimum absolute atomic E-state index is 0.236. The number of rotatable bonds is 3. The van der Waals surface area contributed by atoms with Crippen molar-refractivity contribution >= 4 is 35.1 Å². The van der Waals surface area contributed by atoms with Crippen molar-refractivity contribution in [1.29, 1.82) is 0 Å². The van der Waals surface area contributed by atoms with Crippen molar-refractivity contribution in [3.8, 4) is 0 Å². The van der Waals surface area contributed by atoms with Gasteiger partial charge in [0, 0.05) is 0 Å². The van der Waals surface area contributed by atoms with E-state index in [2.05, 4.69) is 20.8 Å². The van der Waals surface area contributed by atoms with Crippen molar-refractivity contribution in [3.05, 3.63) is 52.3 Å². The van der Waals surface area contributed by atoms with Crippen LogP contribution in [0.15, 0.2) is 36.7 Å². The lowest BCUT2D eigenvalue weighted by Gasteiger charge is -2.07. The quantitative estimate of drug-likeness (QED) is 0.849. The second-order valence-electron chi connectivity index (χ2n) is 3.28. The van der Waals surface area contributed by atoms with Crippen LogP contribution >= 0.6 is 23.2 Å². The van der Waals surface area contributed by atoms with Gasteiger partial charge in [-0.3, -0.25) is 15.6 Å². The maximum Gasteiger partial charge on any atom is 0.271 e. The summed E-state index contributed by atoms with van der Waals surface area (Å²) in [6.07, 6.45) is 2.83. The Labute approximate surface area is 113 Å². The molecule has 0 aliphatic carbocycles. The average molecular weight is 283 g/mol. The smallest absolute Gasteiger partial charge is 0.267 e. The second-order valence-corrected chi connectivity index (χ2v) is 4.13. The van der Waals surface area contributed by atoms with Crippen LogP contribution in [0.1, 0.15) is 10.4 Å². The van der Waals surface area contributed by atoms with Gasteiger partial charge < -0.3 is 0 Å². The molecule has 0 fully saturated rings. The Bertz CT molecular complexity index is 559. The number of anilines is 1. The van der Waals surface area contributed by atoms with Crippen LogP contribution in [0.5, 0.6) is 0 Å². The van der Waals surface area contributed by atoms with Crippen LogP contribution in [0, 0.1) is 0 Å². The summed E-state index contributed by atoms with van der Waals surface area (Å²) in [5, 5.41) is 0.784. The molecule has 2 N–H and O–H groups in total. The fourth-order valence-corrected chi connectivity index (χ4v) is 1.52. The van der Waals surface area contributed by atoms with Gasteiger partial charge in [0.2, 0.25) is 5.95 Å². The van der Waals surface area contributed by atoms with Gasteiger partial charge in [-0.05, 0) is 12.1 Å². The molecule has 0 unspecified atom stereocenters. The molecule has 2 aromatic rings. The highest BCUT2D eigenvalue weighted by atomic mass is 35.5. The van der Waals surface area contributed by atoms with E-state index >= 15 is 0 Å². The first kappa shape index (κ1) is 12.6. The number of nitrogens with one attached hydrogen (secondary N) is 2. The standard InChI is InChI=1S/C11H8Cl2N4O/c12-7-5-14-11(15-6-7)17-16-10(18)8-3-1-2-4-9(8)13/h1-6H,(H,16,18)(H,14,15,17). The van der Waals surface area contributed by atoms with Crippen LogP contribution < -0.4 is 10.9 Å². The molecule has 1 heterocycles. The van der Waals surface area contributed by atoms with E-state index in [1.807, 2.05) is 0 Å². The largest absolute Gasteiger partial charge is 0.271 e. The summed E-state index contributed by atoms with van der Waals surface area (Å²) < 4.78 is 0. The number of hydrogen-bond donors (Lipinski definition) is 2. The maximum absolute atomic E-state index is 11.8. The molecular weight excluding hydrogens is 275 g/mol. The fourth-order valence-electron chi connectivity index (χ4n) is 1.20. The van der Waals surface area contributed by atoms with Gasteiger partial charge in [-0.15, -0.1) is 0 Å². The number of carbonyl (C=O) groups excluding carboxylic acids is 1. The molecule has 2 rings (SSSR count). The molecule has 18 heavy (non-hydrogen) atoms. The minimum Gasteiger partial charge on any atom is -0.267 e. The normalized spacial score (nSPS) is 9.89. The van der Waals surface area contributed by atoms with E-state index in [0.29, 0.717) is 15.6 Å². The lowest BCUT2D eigenvalue weighted by molar-refractivity contribution is 0.0962. The third-order valence-electron chi connectivity index (χ3n) is 2.03. The lowest BCUT2D eigenvalue weighted by atomic mass is 10.2. The van der Waals surface area contributed by atoms with Crippen LogP contribution in [0.2, 0.25) is 10.0 Å². The molecule has 1 aromatic carbocycles. The Hall–Kier alpha value is -1.85. The first-order valence-electron chi connectivity index (χ1n) is 4.95. The van der Waals surface area contributed by atoms with Gasteiger partial charge in [-0.2, -0.15) is 0 Å². The van der Waals surface area contributed by atoms with Gasteiger partial charge in [0.05, 0.1) is 28.0 Å². The zero-order valence-corrected chi connectivity index (χ0v) is 10.5. The molecule has 0 atom stereocenters. The summed E-state index contributed by atoms with van der Waals surface area (Å²) in [4.78, 5) is 19.5. The molecule has 0 aliphatic heterocycles. The number of hydrogen-bond acceptors (Lipinski definition) is 4. The van der Waals surface area contributed by atoms with E-state index in [-0.39, 0.29) is 11.9 Å².